The van der Waals surface area contributed by atoms with Crippen molar-refractivity contribution in [3.05, 3.63) is 29.6 Å². The van der Waals surface area contributed by atoms with Gasteiger partial charge in [0.1, 0.15) is 0 Å². The second-order valence-electron chi connectivity index (χ2n) is 4.89. The smallest absolute Gasteiger partial charge is 0.239 e. The van der Waals surface area contributed by atoms with Gasteiger partial charge in [0, 0.05) is 17.8 Å². The van der Waals surface area contributed by atoms with Crippen LogP contribution in [-0.4, -0.2) is 23.3 Å². The monoisotopic (exact) mass is 263 g/mol. The molecule has 0 saturated carbocycles. The van der Waals surface area contributed by atoms with E-state index >= 15 is 0 Å². The van der Waals surface area contributed by atoms with Crippen LogP contribution in [0.25, 0.3) is 0 Å². The summed E-state index contributed by atoms with van der Waals surface area (Å²) in [4.78, 5) is 27.2. The number of aromatic nitrogens is 1. The third-order valence-electron chi connectivity index (χ3n) is 2.76. The predicted octanol–water partition coefficient (Wildman–Crippen LogP) is 1.34. The maximum Gasteiger partial charge on any atom is 0.239 e. The summed E-state index contributed by atoms with van der Waals surface area (Å²) >= 11 is 0. The third-order valence-corrected chi connectivity index (χ3v) is 2.76. The molecule has 5 nitrogen and oxygen atoms in total. The van der Waals surface area contributed by atoms with Crippen LogP contribution in [0.1, 0.15) is 38.1 Å². The molecule has 0 aromatic carbocycles. The lowest BCUT2D eigenvalue weighted by atomic mass is 10.1. The van der Waals surface area contributed by atoms with Crippen molar-refractivity contribution >= 4 is 11.8 Å². The zero-order valence-corrected chi connectivity index (χ0v) is 11.9. The van der Waals surface area contributed by atoms with Crippen molar-refractivity contribution in [2.24, 2.45) is 5.92 Å². The van der Waals surface area contributed by atoms with E-state index in [0.717, 1.165) is 11.3 Å². The Hall–Kier alpha value is -1.91. The van der Waals surface area contributed by atoms with Gasteiger partial charge in [-0.15, -0.1) is 0 Å². The van der Waals surface area contributed by atoms with E-state index in [1.807, 2.05) is 26.0 Å². The fourth-order valence-electron chi connectivity index (χ4n) is 1.48. The summed E-state index contributed by atoms with van der Waals surface area (Å²) in [6.07, 6.45) is 1.74. The first kappa shape index (κ1) is 15.1. The second kappa shape index (κ2) is 6.87. The molecule has 1 aromatic heterocycles. The summed E-state index contributed by atoms with van der Waals surface area (Å²) < 4.78 is 0. The Labute approximate surface area is 113 Å². The first-order chi connectivity index (χ1) is 8.90. The highest BCUT2D eigenvalue weighted by molar-refractivity contribution is 5.85. The molecule has 0 aliphatic rings. The van der Waals surface area contributed by atoms with Crippen LogP contribution in [0.4, 0.5) is 0 Å². The lowest BCUT2D eigenvalue weighted by Gasteiger charge is -2.15. The molecule has 0 saturated heterocycles. The first-order valence-electron chi connectivity index (χ1n) is 6.39. The highest BCUT2D eigenvalue weighted by atomic mass is 16.2. The summed E-state index contributed by atoms with van der Waals surface area (Å²) in [6.45, 7) is 7.37. The molecule has 0 unspecified atom stereocenters. The number of amides is 2. The van der Waals surface area contributed by atoms with Gasteiger partial charge in [-0.2, -0.15) is 0 Å². The van der Waals surface area contributed by atoms with Gasteiger partial charge >= 0.3 is 0 Å². The number of carbonyl (C=O) groups excluding carboxylic acids is 2. The Balaban J connectivity index is 2.44. The van der Waals surface area contributed by atoms with E-state index in [1.54, 1.807) is 20.0 Å². The van der Waals surface area contributed by atoms with Crippen LogP contribution in [0.5, 0.6) is 0 Å². The summed E-state index contributed by atoms with van der Waals surface area (Å²) in [5.74, 6) is -0.451. The average molecular weight is 263 g/mol. The summed E-state index contributed by atoms with van der Waals surface area (Å²) in [5.41, 5.74) is 1.88. The Morgan fingerprint density at radius 3 is 2.47 bits per heavy atom. The van der Waals surface area contributed by atoms with Gasteiger partial charge in [0.15, 0.2) is 0 Å². The molecular weight excluding hydrogens is 242 g/mol. The Morgan fingerprint density at radius 2 is 1.95 bits per heavy atom. The van der Waals surface area contributed by atoms with E-state index in [1.165, 1.54) is 0 Å². The maximum absolute atomic E-state index is 11.7. The number of aryl methyl sites for hydroxylation is 1. The quantitative estimate of drug-likeness (QED) is 0.842. The fourth-order valence-corrected chi connectivity index (χ4v) is 1.48. The van der Waals surface area contributed by atoms with Crippen LogP contribution in [0.3, 0.4) is 0 Å². The van der Waals surface area contributed by atoms with Crippen molar-refractivity contribution in [1.82, 2.24) is 15.6 Å². The SMILES string of the molecule is Cc1ccc([C@H](C)NC(=O)CNC(=O)C(C)C)cn1. The molecule has 104 valence electrons. The topological polar surface area (TPSA) is 71.1 Å². The normalized spacial score (nSPS) is 12.1. The molecule has 0 fully saturated rings. The van der Waals surface area contributed by atoms with E-state index < -0.39 is 0 Å². The van der Waals surface area contributed by atoms with Crippen LogP contribution in [0, 0.1) is 12.8 Å². The molecule has 1 atom stereocenters. The van der Waals surface area contributed by atoms with Gasteiger partial charge in [-0.1, -0.05) is 19.9 Å². The van der Waals surface area contributed by atoms with Gasteiger partial charge in [0.2, 0.25) is 11.8 Å². The van der Waals surface area contributed by atoms with Crippen LogP contribution >= 0.6 is 0 Å². The zero-order chi connectivity index (χ0) is 14.4. The lowest BCUT2D eigenvalue weighted by Crippen LogP contribution is -2.39. The fraction of sp³-hybridized carbons (Fsp3) is 0.500. The van der Waals surface area contributed by atoms with E-state index in [0.29, 0.717) is 0 Å². The zero-order valence-electron chi connectivity index (χ0n) is 11.9. The molecule has 1 heterocycles. The largest absolute Gasteiger partial charge is 0.348 e. The van der Waals surface area contributed by atoms with E-state index in [-0.39, 0.29) is 30.3 Å². The molecule has 19 heavy (non-hydrogen) atoms. The van der Waals surface area contributed by atoms with Crippen molar-refractivity contribution in [3.63, 3.8) is 0 Å². The van der Waals surface area contributed by atoms with Crippen LogP contribution in [-0.2, 0) is 9.59 Å². The number of nitrogens with one attached hydrogen (secondary N) is 2. The number of carbonyl (C=O) groups is 2. The van der Waals surface area contributed by atoms with Gasteiger partial charge in [0.05, 0.1) is 12.6 Å². The number of hydrogen-bond donors (Lipinski definition) is 2. The van der Waals surface area contributed by atoms with E-state index in [4.69, 9.17) is 0 Å². The van der Waals surface area contributed by atoms with Crippen LogP contribution < -0.4 is 10.6 Å². The van der Waals surface area contributed by atoms with Crippen LogP contribution in [0.15, 0.2) is 18.3 Å². The predicted molar refractivity (Wildman–Crippen MR) is 73.4 cm³/mol. The molecule has 2 amide bonds. The van der Waals surface area contributed by atoms with Gasteiger partial charge in [-0.05, 0) is 25.5 Å². The highest BCUT2D eigenvalue weighted by Crippen LogP contribution is 2.10. The van der Waals surface area contributed by atoms with Crippen molar-refractivity contribution in [2.75, 3.05) is 6.54 Å². The molecule has 1 rings (SSSR count). The Kier molecular flexibility index (Phi) is 5.48. The lowest BCUT2D eigenvalue weighted by molar-refractivity contribution is -0.128. The van der Waals surface area contributed by atoms with Crippen molar-refractivity contribution in [1.29, 1.82) is 0 Å². The Morgan fingerprint density at radius 1 is 1.26 bits per heavy atom. The molecule has 0 bridgehead atoms. The third kappa shape index (κ3) is 5.07. The minimum atomic E-state index is -0.206. The van der Waals surface area contributed by atoms with E-state index in [2.05, 4.69) is 15.6 Å². The molecule has 0 radical (unpaired) electrons. The van der Waals surface area contributed by atoms with Gasteiger partial charge in [-0.3, -0.25) is 14.6 Å². The molecule has 1 aromatic rings. The van der Waals surface area contributed by atoms with Crippen molar-refractivity contribution in [3.8, 4) is 0 Å². The molecule has 0 spiro atoms. The maximum atomic E-state index is 11.7. The van der Waals surface area contributed by atoms with Crippen LogP contribution in [0.2, 0.25) is 0 Å². The number of nitrogens with zero attached hydrogens (tertiary/aromatic N) is 1. The number of pyridine rings is 1. The number of hydrogen-bond acceptors (Lipinski definition) is 3. The summed E-state index contributed by atoms with van der Waals surface area (Å²) in [6, 6.07) is 3.70. The standard InChI is InChI=1S/C14H21N3O2/c1-9(2)14(19)16-8-13(18)17-11(4)12-6-5-10(3)15-7-12/h5-7,9,11H,8H2,1-4H3,(H,16,19)(H,17,18)/t11-/m0/s1. The molecule has 5 heteroatoms. The molecule has 0 aliphatic carbocycles. The second-order valence-corrected chi connectivity index (χ2v) is 4.89. The van der Waals surface area contributed by atoms with Gasteiger partial charge in [0.25, 0.3) is 0 Å². The summed E-state index contributed by atoms with van der Waals surface area (Å²) in [5, 5.41) is 5.40. The van der Waals surface area contributed by atoms with Crippen molar-refractivity contribution < 1.29 is 9.59 Å². The molecule has 2 N–H and O–H groups in total. The first-order valence-corrected chi connectivity index (χ1v) is 6.39. The van der Waals surface area contributed by atoms with Crippen molar-refractivity contribution in [2.45, 2.75) is 33.7 Å². The molecule has 0 aliphatic heterocycles. The Bertz CT molecular complexity index is 441. The highest BCUT2D eigenvalue weighted by Gasteiger charge is 2.12. The van der Waals surface area contributed by atoms with Gasteiger partial charge < -0.3 is 10.6 Å². The summed E-state index contributed by atoms with van der Waals surface area (Å²) in [7, 11) is 0. The average Bonchev–Trinajstić information content (AvgIpc) is 2.36. The van der Waals surface area contributed by atoms with E-state index in [9.17, 15) is 9.59 Å². The number of rotatable bonds is 5. The minimum Gasteiger partial charge on any atom is -0.348 e. The minimum absolute atomic E-state index is 0.000638. The van der Waals surface area contributed by atoms with Gasteiger partial charge in [-0.25, -0.2) is 0 Å². The molecular formula is C14H21N3O2.